The van der Waals surface area contributed by atoms with Gasteiger partial charge in [0.25, 0.3) is 5.91 Å². The second kappa shape index (κ2) is 8.48. The highest BCUT2D eigenvalue weighted by molar-refractivity contribution is 7.89. The van der Waals surface area contributed by atoms with Crippen LogP contribution in [0.25, 0.3) is 11.4 Å². The first-order chi connectivity index (χ1) is 15.5. The van der Waals surface area contributed by atoms with Gasteiger partial charge in [-0.15, -0.1) is 10.2 Å². The van der Waals surface area contributed by atoms with Gasteiger partial charge in [0.2, 0.25) is 10.0 Å². The highest BCUT2D eigenvalue weighted by Crippen LogP contribution is 2.25. The van der Waals surface area contributed by atoms with Gasteiger partial charge in [0.05, 0.1) is 4.90 Å². The summed E-state index contributed by atoms with van der Waals surface area (Å²) in [4.78, 5) is 12.8. The predicted molar refractivity (Wildman–Crippen MR) is 121 cm³/mol. The Morgan fingerprint density at radius 2 is 1.69 bits per heavy atom. The predicted octanol–water partition coefficient (Wildman–Crippen LogP) is 3.36. The van der Waals surface area contributed by atoms with E-state index in [2.05, 4.69) is 24.8 Å². The van der Waals surface area contributed by atoms with Crippen LogP contribution < -0.4 is 10.0 Å². The molecule has 166 valence electrons. The summed E-state index contributed by atoms with van der Waals surface area (Å²) in [6.45, 7) is 0.929. The number of hydrogen-bond acceptors (Lipinski definition) is 5. The molecule has 0 saturated heterocycles. The number of nitrogens with one attached hydrogen (secondary N) is 2. The van der Waals surface area contributed by atoms with Gasteiger partial charge in [0, 0.05) is 35.8 Å². The average Bonchev–Trinajstić information content (AvgIpc) is 3.56. The first-order valence-corrected chi connectivity index (χ1v) is 12.4. The van der Waals surface area contributed by atoms with Crippen LogP contribution in [0.15, 0.2) is 53.4 Å². The molecule has 0 unspecified atom stereocenters. The van der Waals surface area contributed by atoms with Crippen LogP contribution in [0.3, 0.4) is 0 Å². The molecule has 0 atom stereocenters. The van der Waals surface area contributed by atoms with Crippen LogP contribution in [-0.2, 0) is 23.0 Å². The van der Waals surface area contributed by atoms with Gasteiger partial charge in [-0.05, 0) is 74.2 Å². The van der Waals surface area contributed by atoms with Gasteiger partial charge >= 0.3 is 0 Å². The Hall–Kier alpha value is -3.04. The molecule has 1 amide bonds. The second-order valence-electron chi connectivity index (χ2n) is 8.35. The molecule has 2 aromatic carbocycles. The maximum atomic E-state index is 12.6. The lowest BCUT2D eigenvalue weighted by Crippen LogP contribution is -2.25. The molecule has 1 aromatic heterocycles. The number of sulfonamides is 1. The Balaban J connectivity index is 1.27. The fraction of sp³-hybridized carbons (Fsp3) is 0.348. The monoisotopic (exact) mass is 451 g/mol. The van der Waals surface area contributed by atoms with Crippen LogP contribution >= 0.6 is 0 Å². The number of aromatic nitrogens is 3. The van der Waals surface area contributed by atoms with Gasteiger partial charge in [-0.1, -0.05) is 6.42 Å². The van der Waals surface area contributed by atoms with Crippen molar-refractivity contribution in [3.05, 3.63) is 59.9 Å². The zero-order valence-electron chi connectivity index (χ0n) is 17.6. The van der Waals surface area contributed by atoms with Crippen molar-refractivity contribution in [3.63, 3.8) is 0 Å². The minimum Gasteiger partial charge on any atom is -0.322 e. The molecule has 2 heterocycles. The summed E-state index contributed by atoms with van der Waals surface area (Å²) in [5.74, 6) is 1.59. The van der Waals surface area contributed by atoms with Crippen molar-refractivity contribution in [2.75, 3.05) is 5.32 Å². The molecular weight excluding hydrogens is 426 g/mol. The van der Waals surface area contributed by atoms with Crippen LogP contribution in [-0.4, -0.2) is 35.1 Å². The van der Waals surface area contributed by atoms with Crippen LogP contribution in [0, 0.1) is 0 Å². The zero-order chi connectivity index (χ0) is 22.1. The molecule has 3 aromatic rings. The maximum Gasteiger partial charge on any atom is 0.255 e. The summed E-state index contributed by atoms with van der Waals surface area (Å²) in [6, 6.07) is 13.5. The molecule has 1 aliphatic heterocycles. The number of hydrogen-bond donors (Lipinski definition) is 2. The fourth-order valence-electron chi connectivity index (χ4n) is 3.88. The Kier molecular flexibility index (Phi) is 5.52. The number of benzene rings is 2. The second-order valence-corrected chi connectivity index (χ2v) is 10.1. The summed E-state index contributed by atoms with van der Waals surface area (Å²) in [6.07, 6.45) is 6.18. The topological polar surface area (TPSA) is 106 Å². The van der Waals surface area contributed by atoms with Gasteiger partial charge < -0.3 is 9.88 Å². The van der Waals surface area contributed by atoms with Crippen molar-refractivity contribution in [1.82, 2.24) is 19.5 Å². The minimum atomic E-state index is -3.53. The Morgan fingerprint density at radius 3 is 2.41 bits per heavy atom. The number of rotatable bonds is 6. The lowest BCUT2D eigenvalue weighted by Gasteiger charge is -2.09. The normalized spacial score (nSPS) is 16.2. The smallest absolute Gasteiger partial charge is 0.255 e. The van der Waals surface area contributed by atoms with E-state index in [0.29, 0.717) is 11.3 Å². The van der Waals surface area contributed by atoms with Gasteiger partial charge in [-0.3, -0.25) is 4.79 Å². The molecule has 32 heavy (non-hydrogen) atoms. The van der Waals surface area contributed by atoms with Crippen molar-refractivity contribution in [2.45, 2.75) is 56.0 Å². The van der Waals surface area contributed by atoms with Gasteiger partial charge in [-0.25, -0.2) is 13.1 Å². The number of carbonyl (C=O) groups is 1. The molecule has 0 bridgehead atoms. The number of fused-ring (bicyclic) bond motifs is 1. The molecule has 1 fully saturated rings. The van der Waals surface area contributed by atoms with Crippen molar-refractivity contribution in [2.24, 2.45) is 0 Å². The zero-order valence-corrected chi connectivity index (χ0v) is 18.4. The molecular formula is C23H25N5O3S. The minimum absolute atomic E-state index is 0.0404. The summed E-state index contributed by atoms with van der Waals surface area (Å²) >= 11 is 0. The van der Waals surface area contributed by atoms with E-state index in [9.17, 15) is 13.2 Å². The number of carbonyl (C=O) groups excluding carboxylic acids is 1. The highest BCUT2D eigenvalue weighted by atomic mass is 32.2. The van der Waals surface area contributed by atoms with Crippen molar-refractivity contribution >= 4 is 21.6 Å². The fourth-order valence-corrected chi connectivity index (χ4v) is 5.18. The molecule has 0 radical (unpaired) electrons. The maximum absolute atomic E-state index is 12.6. The van der Waals surface area contributed by atoms with E-state index in [1.807, 2.05) is 24.3 Å². The summed E-state index contributed by atoms with van der Waals surface area (Å²) in [5.41, 5.74) is 2.00. The van der Waals surface area contributed by atoms with E-state index in [4.69, 9.17) is 0 Å². The molecule has 8 nitrogen and oxygen atoms in total. The van der Waals surface area contributed by atoms with E-state index in [1.165, 1.54) is 30.7 Å². The quantitative estimate of drug-likeness (QED) is 0.598. The van der Waals surface area contributed by atoms with Crippen molar-refractivity contribution in [3.8, 4) is 11.4 Å². The highest BCUT2D eigenvalue weighted by Gasteiger charge is 2.28. The third-order valence-corrected chi connectivity index (χ3v) is 7.37. The van der Waals surface area contributed by atoms with E-state index >= 15 is 0 Å². The standard InChI is InChI=1S/C23H25N5O3S/c29-23(17-7-13-20(14-8-17)32(30,31)27-19-11-12-19)24-18-9-5-16(6-10-18)22-26-25-21-4-2-1-3-15-28(21)22/h5-10,13-14,19,27H,1-4,11-12,15H2,(H,24,29). The Morgan fingerprint density at radius 1 is 0.938 bits per heavy atom. The molecule has 9 heteroatoms. The van der Waals surface area contributed by atoms with Crippen molar-refractivity contribution < 1.29 is 13.2 Å². The van der Waals surface area contributed by atoms with E-state index < -0.39 is 10.0 Å². The third-order valence-electron chi connectivity index (χ3n) is 5.84. The van der Waals surface area contributed by atoms with Crippen LogP contribution in [0.4, 0.5) is 5.69 Å². The molecule has 2 aliphatic rings. The molecule has 0 spiro atoms. The summed E-state index contributed by atoms with van der Waals surface area (Å²) in [5, 5.41) is 11.6. The first-order valence-electron chi connectivity index (χ1n) is 11.0. The van der Waals surface area contributed by atoms with Crippen LogP contribution in [0.1, 0.15) is 48.3 Å². The Bertz CT molecular complexity index is 1230. The third kappa shape index (κ3) is 4.44. The first kappa shape index (κ1) is 20.8. The van der Waals surface area contributed by atoms with Gasteiger partial charge in [-0.2, -0.15) is 0 Å². The van der Waals surface area contributed by atoms with Crippen LogP contribution in [0.5, 0.6) is 0 Å². The lowest BCUT2D eigenvalue weighted by molar-refractivity contribution is 0.102. The van der Waals surface area contributed by atoms with Gasteiger partial charge in [0.1, 0.15) is 5.82 Å². The van der Waals surface area contributed by atoms with E-state index in [0.717, 1.165) is 55.9 Å². The summed E-state index contributed by atoms with van der Waals surface area (Å²) < 4.78 is 29.4. The number of anilines is 1. The lowest BCUT2D eigenvalue weighted by atomic mass is 10.1. The average molecular weight is 452 g/mol. The van der Waals surface area contributed by atoms with Crippen LogP contribution in [0.2, 0.25) is 0 Å². The Labute approximate surface area is 187 Å². The van der Waals surface area contributed by atoms with Crippen molar-refractivity contribution in [1.29, 1.82) is 0 Å². The van der Waals surface area contributed by atoms with E-state index in [1.54, 1.807) is 0 Å². The summed E-state index contributed by atoms with van der Waals surface area (Å²) in [7, 11) is -3.53. The molecule has 2 N–H and O–H groups in total. The molecule has 1 saturated carbocycles. The number of nitrogens with zero attached hydrogens (tertiary/aromatic N) is 3. The molecule has 1 aliphatic carbocycles. The van der Waals surface area contributed by atoms with Gasteiger partial charge in [0.15, 0.2) is 5.82 Å². The number of aryl methyl sites for hydroxylation is 1. The number of amides is 1. The largest absolute Gasteiger partial charge is 0.322 e. The SMILES string of the molecule is O=C(Nc1ccc(-c2nnc3n2CCCCC3)cc1)c1ccc(S(=O)(=O)NC2CC2)cc1. The van der Waals surface area contributed by atoms with E-state index in [-0.39, 0.29) is 16.8 Å². The molecule has 5 rings (SSSR count).